The summed E-state index contributed by atoms with van der Waals surface area (Å²) in [5, 5.41) is 0.602. The molecule has 1 heterocycles. The van der Waals surface area contributed by atoms with Crippen LogP contribution in [0.25, 0.3) is 0 Å². The number of aromatic nitrogens is 1. The van der Waals surface area contributed by atoms with Gasteiger partial charge in [0.05, 0.1) is 5.02 Å². The Bertz CT molecular complexity index is 542. The highest BCUT2D eigenvalue weighted by molar-refractivity contribution is 9.10. The maximum absolute atomic E-state index is 12.0. The van der Waals surface area contributed by atoms with Gasteiger partial charge in [0.1, 0.15) is 0 Å². The van der Waals surface area contributed by atoms with Gasteiger partial charge in [-0.15, -0.1) is 0 Å². The predicted octanol–water partition coefficient (Wildman–Crippen LogP) is 3.92. The molecule has 2 rings (SSSR count). The standard InChI is InChI=1S/C13H9BrClNO/c14-11-8-10(1-2-12(11)15)13(17)7-9-3-5-16-6-4-9/h1-6,8H,7H2. The SMILES string of the molecule is O=C(Cc1ccncc1)c1ccc(Cl)c(Br)c1. The van der Waals surface area contributed by atoms with Gasteiger partial charge in [0, 0.05) is 28.9 Å². The molecule has 86 valence electrons. The third-order valence-electron chi connectivity index (χ3n) is 2.36. The Morgan fingerprint density at radius 3 is 2.59 bits per heavy atom. The molecule has 0 amide bonds. The van der Waals surface area contributed by atoms with Crippen LogP contribution in [0.5, 0.6) is 0 Å². The molecule has 1 aromatic carbocycles. The van der Waals surface area contributed by atoms with E-state index >= 15 is 0 Å². The number of carbonyl (C=O) groups excluding carboxylic acids is 1. The van der Waals surface area contributed by atoms with Crippen molar-refractivity contribution in [2.75, 3.05) is 0 Å². The van der Waals surface area contributed by atoms with Gasteiger partial charge in [-0.3, -0.25) is 9.78 Å². The number of benzene rings is 1. The Labute approximate surface area is 113 Å². The average Bonchev–Trinajstić information content (AvgIpc) is 2.34. The number of hydrogen-bond acceptors (Lipinski definition) is 2. The minimum atomic E-state index is 0.0635. The molecule has 0 atom stereocenters. The summed E-state index contributed by atoms with van der Waals surface area (Å²) in [5.41, 5.74) is 1.61. The van der Waals surface area contributed by atoms with Crippen molar-refractivity contribution in [2.24, 2.45) is 0 Å². The van der Waals surface area contributed by atoms with E-state index in [4.69, 9.17) is 11.6 Å². The van der Waals surface area contributed by atoms with Gasteiger partial charge >= 0.3 is 0 Å². The van der Waals surface area contributed by atoms with Crippen LogP contribution in [0.4, 0.5) is 0 Å². The number of pyridine rings is 1. The molecule has 17 heavy (non-hydrogen) atoms. The third kappa shape index (κ3) is 3.14. The fraction of sp³-hybridized carbons (Fsp3) is 0.0769. The van der Waals surface area contributed by atoms with Gasteiger partial charge in [0.2, 0.25) is 0 Å². The van der Waals surface area contributed by atoms with Crippen LogP contribution in [0.1, 0.15) is 15.9 Å². The Morgan fingerprint density at radius 2 is 1.94 bits per heavy atom. The first kappa shape index (κ1) is 12.3. The fourth-order valence-electron chi connectivity index (χ4n) is 1.46. The third-order valence-corrected chi connectivity index (χ3v) is 3.57. The molecule has 0 fully saturated rings. The molecule has 0 aliphatic heterocycles. The molecule has 4 heteroatoms. The Balaban J connectivity index is 2.18. The Kier molecular flexibility index (Phi) is 3.92. The zero-order valence-corrected chi connectivity index (χ0v) is 11.2. The molecular weight excluding hydrogens is 302 g/mol. The van der Waals surface area contributed by atoms with E-state index in [1.165, 1.54) is 0 Å². The van der Waals surface area contributed by atoms with Crippen LogP contribution in [0.3, 0.4) is 0 Å². The highest BCUT2D eigenvalue weighted by atomic mass is 79.9. The van der Waals surface area contributed by atoms with Gasteiger partial charge in [-0.1, -0.05) is 11.6 Å². The predicted molar refractivity (Wildman–Crippen MR) is 71.4 cm³/mol. The summed E-state index contributed by atoms with van der Waals surface area (Å²) in [5.74, 6) is 0.0635. The van der Waals surface area contributed by atoms with Crippen LogP contribution in [-0.4, -0.2) is 10.8 Å². The first-order chi connectivity index (χ1) is 8.16. The van der Waals surface area contributed by atoms with Crippen LogP contribution >= 0.6 is 27.5 Å². The van der Waals surface area contributed by atoms with E-state index in [1.807, 2.05) is 12.1 Å². The van der Waals surface area contributed by atoms with E-state index in [2.05, 4.69) is 20.9 Å². The Morgan fingerprint density at radius 1 is 1.24 bits per heavy atom. The van der Waals surface area contributed by atoms with E-state index in [1.54, 1.807) is 30.6 Å². The van der Waals surface area contributed by atoms with Gasteiger partial charge < -0.3 is 0 Å². The second-order valence-electron chi connectivity index (χ2n) is 3.58. The highest BCUT2D eigenvalue weighted by Gasteiger charge is 2.08. The topological polar surface area (TPSA) is 30.0 Å². The second kappa shape index (κ2) is 5.43. The lowest BCUT2D eigenvalue weighted by atomic mass is 10.0. The maximum atomic E-state index is 12.0. The number of Topliss-reactive ketones (excluding diaryl/α,β-unsaturated/α-hetero) is 1. The molecule has 0 aliphatic carbocycles. The van der Waals surface area contributed by atoms with E-state index in [0.29, 0.717) is 17.0 Å². The fourth-order valence-corrected chi connectivity index (χ4v) is 1.95. The second-order valence-corrected chi connectivity index (χ2v) is 4.85. The van der Waals surface area contributed by atoms with E-state index in [9.17, 15) is 4.79 Å². The van der Waals surface area contributed by atoms with Gasteiger partial charge in [-0.25, -0.2) is 0 Å². The van der Waals surface area contributed by atoms with Crippen molar-refractivity contribution in [1.29, 1.82) is 0 Å². The molecule has 0 unspecified atom stereocenters. The molecule has 0 saturated heterocycles. The van der Waals surface area contributed by atoms with Crippen molar-refractivity contribution in [1.82, 2.24) is 4.98 Å². The molecule has 0 spiro atoms. The van der Waals surface area contributed by atoms with Crippen molar-refractivity contribution >= 4 is 33.3 Å². The van der Waals surface area contributed by atoms with Crippen molar-refractivity contribution in [3.8, 4) is 0 Å². The molecule has 0 N–H and O–H groups in total. The van der Waals surface area contributed by atoms with E-state index in [-0.39, 0.29) is 5.78 Å². The molecule has 1 aromatic heterocycles. The molecule has 0 aliphatic rings. The van der Waals surface area contributed by atoms with Gasteiger partial charge in [0.15, 0.2) is 5.78 Å². The lowest BCUT2D eigenvalue weighted by Gasteiger charge is -2.03. The first-order valence-corrected chi connectivity index (χ1v) is 6.21. The summed E-state index contributed by atoms with van der Waals surface area (Å²) in [6, 6.07) is 8.86. The van der Waals surface area contributed by atoms with Crippen LogP contribution in [0, 0.1) is 0 Å². The van der Waals surface area contributed by atoms with Crippen molar-refractivity contribution in [2.45, 2.75) is 6.42 Å². The van der Waals surface area contributed by atoms with Crippen molar-refractivity contribution in [3.63, 3.8) is 0 Å². The lowest BCUT2D eigenvalue weighted by Crippen LogP contribution is -2.03. The average molecular weight is 311 g/mol. The zero-order valence-electron chi connectivity index (χ0n) is 8.86. The van der Waals surface area contributed by atoms with E-state index in [0.717, 1.165) is 10.0 Å². The number of rotatable bonds is 3. The van der Waals surface area contributed by atoms with Gasteiger partial charge in [-0.05, 0) is 51.8 Å². The van der Waals surface area contributed by atoms with Crippen LogP contribution in [0.2, 0.25) is 5.02 Å². The first-order valence-electron chi connectivity index (χ1n) is 5.04. The molecular formula is C13H9BrClNO. The number of hydrogen-bond donors (Lipinski definition) is 0. The van der Waals surface area contributed by atoms with Crippen LogP contribution < -0.4 is 0 Å². The van der Waals surface area contributed by atoms with Gasteiger partial charge in [-0.2, -0.15) is 0 Å². The smallest absolute Gasteiger partial charge is 0.167 e. The largest absolute Gasteiger partial charge is 0.294 e. The summed E-state index contributed by atoms with van der Waals surface area (Å²) >= 11 is 9.18. The molecule has 0 saturated carbocycles. The highest BCUT2D eigenvalue weighted by Crippen LogP contribution is 2.23. The number of nitrogens with zero attached hydrogens (tertiary/aromatic N) is 1. The van der Waals surface area contributed by atoms with Crippen LogP contribution in [-0.2, 0) is 6.42 Å². The van der Waals surface area contributed by atoms with E-state index < -0.39 is 0 Å². The summed E-state index contributed by atoms with van der Waals surface area (Å²) in [4.78, 5) is 15.9. The molecule has 2 aromatic rings. The number of ketones is 1. The summed E-state index contributed by atoms with van der Waals surface area (Å²) in [6.07, 6.45) is 3.73. The molecule has 2 nitrogen and oxygen atoms in total. The number of carbonyl (C=O) groups is 1. The normalized spacial score (nSPS) is 10.2. The minimum absolute atomic E-state index is 0.0635. The van der Waals surface area contributed by atoms with Crippen LogP contribution in [0.15, 0.2) is 47.2 Å². The Hall–Kier alpha value is -1.19. The number of halogens is 2. The molecule has 0 radical (unpaired) electrons. The summed E-state index contributed by atoms with van der Waals surface area (Å²) in [7, 11) is 0. The monoisotopic (exact) mass is 309 g/mol. The molecule has 0 bridgehead atoms. The van der Waals surface area contributed by atoms with Crippen molar-refractivity contribution < 1.29 is 4.79 Å². The minimum Gasteiger partial charge on any atom is -0.294 e. The van der Waals surface area contributed by atoms with Crippen molar-refractivity contribution in [3.05, 3.63) is 63.3 Å². The summed E-state index contributed by atoms with van der Waals surface area (Å²) in [6.45, 7) is 0. The summed E-state index contributed by atoms with van der Waals surface area (Å²) < 4.78 is 0.736. The maximum Gasteiger partial charge on any atom is 0.167 e. The lowest BCUT2D eigenvalue weighted by molar-refractivity contribution is 0.0993. The van der Waals surface area contributed by atoms with Gasteiger partial charge in [0.25, 0.3) is 0 Å². The zero-order chi connectivity index (χ0) is 12.3. The quantitative estimate of drug-likeness (QED) is 0.804.